The van der Waals surface area contributed by atoms with Crippen molar-refractivity contribution in [3.8, 4) is 5.69 Å². The first kappa shape index (κ1) is 24.3. The van der Waals surface area contributed by atoms with Gasteiger partial charge in [-0.15, -0.1) is 0 Å². The summed E-state index contributed by atoms with van der Waals surface area (Å²) in [6.45, 7) is 6.68. The molecular weight excluding hydrogens is 432 g/mol. The number of carbonyl (C=O) groups excluding carboxylic acids is 1. The molecule has 10 nitrogen and oxygen atoms in total. The minimum atomic E-state index is -0.439. The van der Waals surface area contributed by atoms with E-state index in [4.69, 9.17) is 11.5 Å². The summed E-state index contributed by atoms with van der Waals surface area (Å²) in [6, 6.07) is 10.0. The summed E-state index contributed by atoms with van der Waals surface area (Å²) >= 11 is 0. The number of hydrogen-bond acceptors (Lipinski definition) is 7. The molecule has 184 valence electrons. The highest BCUT2D eigenvalue weighted by Crippen LogP contribution is 2.23. The van der Waals surface area contributed by atoms with Gasteiger partial charge in [0.25, 0.3) is 0 Å². The van der Waals surface area contributed by atoms with E-state index in [0.29, 0.717) is 19.1 Å². The first-order valence-corrected chi connectivity index (χ1v) is 12.1. The monoisotopic (exact) mass is 468 g/mol. The number of nitrogens with two attached hydrogens (primary N) is 2. The van der Waals surface area contributed by atoms with Crippen LogP contribution in [0.4, 0.5) is 10.6 Å². The van der Waals surface area contributed by atoms with Gasteiger partial charge in [0.2, 0.25) is 0 Å². The predicted molar refractivity (Wildman–Crippen MR) is 133 cm³/mol. The van der Waals surface area contributed by atoms with Gasteiger partial charge in [-0.25, -0.2) is 9.59 Å². The van der Waals surface area contributed by atoms with Gasteiger partial charge in [0.1, 0.15) is 5.82 Å². The van der Waals surface area contributed by atoms with Crippen molar-refractivity contribution in [3.63, 3.8) is 0 Å². The Morgan fingerprint density at radius 1 is 1.12 bits per heavy atom. The standard InChI is InChI=1S/C24H36N8O2/c1-2-30(21-14-18(25)13-19(26)15-21)16-17-3-5-20(6-4-17)32-10-7-22(29-24(32)34)28-23(33)31-11-8-27-9-12-31/h3-7,10,18-19,21,27H,2,8-9,11-16,25-26H2,1H3,(H,28,29,33,34)/t18-,19+,21-. The van der Waals surface area contributed by atoms with Gasteiger partial charge in [-0.1, -0.05) is 19.1 Å². The number of urea groups is 1. The summed E-state index contributed by atoms with van der Waals surface area (Å²) in [5.41, 5.74) is 13.9. The molecule has 3 atom stereocenters. The molecule has 1 aliphatic heterocycles. The van der Waals surface area contributed by atoms with Crippen molar-refractivity contribution < 1.29 is 4.79 Å². The van der Waals surface area contributed by atoms with E-state index in [-0.39, 0.29) is 23.9 Å². The number of rotatable bonds is 6. The smallest absolute Gasteiger partial charge is 0.328 e. The molecule has 2 heterocycles. The molecular formula is C24H36N8O2. The van der Waals surface area contributed by atoms with E-state index < -0.39 is 5.69 Å². The fraction of sp³-hybridized carbons (Fsp3) is 0.542. The van der Waals surface area contributed by atoms with Crippen LogP contribution in [0.5, 0.6) is 0 Å². The van der Waals surface area contributed by atoms with E-state index in [2.05, 4.69) is 27.4 Å². The van der Waals surface area contributed by atoms with Crippen molar-refractivity contribution in [3.05, 3.63) is 52.6 Å². The van der Waals surface area contributed by atoms with Crippen LogP contribution in [-0.2, 0) is 6.54 Å². The number of nitrogens with one attached hydrogen (secondary N) is 2. The third-order valence-corrected chi connectivity index (χ3v) is 6.72. The number of carbonyl (C=O) groups is 1. The second-order valence-electron chi connectivity index (χ2n) is 9.24. The Labute approximate surface area is 200 Å². The quantitative estimate of drug-likeness (QED) is 0.490. The summed E-state index contributed by atoms with van der Waals surface area (Å²) < 4.78 is 1.47. The molecule has 0 unspecified atom stereocenters. The maximum absolute atomic E-state index is 12.6. The predicted octanol–water partition coefficient (Wildman–Crippen LogP) is 0.699. The molecule has 2 aromatic rings. The lowest BCUT2D eigenvalue weighted by atomic mass is 9.87. The third-order valence-electron chi connectivity index (χ3n) is 6.72. The maximum Gasteiger partial charge on any atom is 0.354 e. The largest absolute Gasteiger partial charge is 0.354 e. The van der Waals surface area contributed by atoms with Gasteiger partial charge in [0, 0.05) is 57.0 Å². The van der Waals surface area contributed by atoms with Crippen LogP contribution in [0.15, 0.2) is 41.3 Å². The minimum Gasteiger partial charge on any atom is -0.328 e. The molecule has 0 radical (unpaired) electrons. The van der Waals surface area contributed by atoms with Crippen LogP contribution in [0.2, 0.25) is 0 Å². The van der Waals surface area contributed by atoms with Crippen molar-refractivity contribution in [1.29, 1.82) is 0 Å². The number of piperazine rings is 1. The number of benzene rings is 1. The number of anilines is 1. The Bertz CT molecular complexity index is 1010. The lowest BCUT2D eigenvalue weighted by molar-refractivity contribution is 0.137. The molecule has 1 aromatic carbocycles. The Balaban J connectivity index is 1.40. The molecule has 1 saturated carbocycles. The molecule has 0 spiro atoms. The first-order valence-electron chi connectivity index (χ1n) is 12.1. The number of amides is 2. The number of hydrogen-bond donors (Lipinski definition) is 4. The van der Waals surface area contributed by atoms with Crippen LogP contribution in [-0.4, -0.2) is 76.2 Å². The Kier molecular flexibility index (Phi) is 7.94. The van der Waals surface area contributed by atoms with E-state index in [1.165, 1.54) is 10.1 Å². The fourth-order valence-corrected chi connectivity index (χ4v) is 4.90. The molecule has 6 N–H and O–H groups in total. The molecule has 2 aliphatic rings. The normalized spacial score (nSPS) is 23.2. The average molecular weight is 469 g/mol. The lowest BCUT2D eigenvalue weighted by Crippen LogP contribution is -2.48. The minimum absolute atomic E-state index is 0.161. The Morgan fingerprint density at radius 2 is 1.79 bits per heavy atom. The maximum atomic E-state index is 12.6. The van der Waals surface area contributed by atoms with E-state index in [1.54, 1.807) is 17.2 Å². The molecule has 2 amide bonds. The summed E-state index contributed by atoms with van der Waals surface area (Å²) in [5.74, 6) is 0.254. The Hall–Kier alpha value is -2.79. The lowest BCUT2D eigenvalue weighted by Gasteiger charge is -2.38. The molecule has 1 aromatic heterocycles. The molecule has 1 aliphatic carbocycles. The zero-order chi connectivity index (χ0) is 24.1. The number of aromatic nitrogens is 2. The van der Waals surface area contributed by atoms with Gasteiger partial charge in [-0.3, -0.25) is 14.8 Å². The highest BCUT2D eigenvalue weighted by Gasteiger charge is 2.28. The van der Waals surface area contributed by atoms with Crippen molar-refractivity contribution >= 4 is 11.8 Å². The summed E-state index contributed by atoms with van der Waals surface area (Å²) in [5, 5.41) is 5.92. The summed E-state index contributed by atoms with van der Waals surface area (Å²) in [7, 11) is 0. The first-order chi connectivity index (χ1) is 16.4. The van der Waals surface area contributed by atoms with E-state index in [0.717, 1.165) is 51.1 Å². The van der Waals surface area contributed by atoms with Gasteiger partial charge >= 0.3 is 11.7 Å². The number of nitrogens with zero attached hydrogens (tertiary/aromatic N) is 4. The van der Waals surface area contributed by atoms with Gasteiger partial charge in [0.15, 0.2) is 0 Å². The SMILES string of the molecule is CCN(Cc1ccc(-n2ccc(NC(=O)N3CCNCC3)nc2=O)cc1)[C@@H]1C[C@H](N)C[C@H](N)C1. The van der Waals surface area contributed by atoms with Crippen LogP contribution in [0.3, 0.4) is 0 Å². The second kappa shape index (κ2) is 11.1. The van der Waals surface area contributed by atoms with Crippen LogP contribution in [0.1, 0.15) is 31.7 Å². The van der Waals surface area contributed by atoms with Crippen LogP contribution in [0.25, 0.3) is 5.69 Å². The van der Waals surface area contributed by atoms with Crippen LogP contribution < -0.4 is 27.8 Å². The van der Waals surface area contributed by atoms with Crippen molar-refractivity contribution in [2.75, 3.05) is 38.0 Å². The van der Waals surface area contributed by atoms with Crippen molar-refractivity contribution in [1.82, 2.24) is 24.7 Å². The van der Waals surface area contributed by atoms with E-state index in [9.17, 15) is 9.59 Å². The molecule has 34 heavy (non-hydrogen) atoms. The average Bonchev–Trinajstić information content (AvgIpc) is 2.83. The molecule has 1 saturated heterocycles. The molecule has 0 bridgehead atoms. The highest BCUT2D eigenvalue weighted by molar-refractivity contribution is 5.88. The topological polar surface area (TPSA) is 135 Å². The zero-order valence-corrected chi connectivity index (χ0v) is 19.8. The second-order valence-corrected chi connectivity index (χ2v) is 9.24. The van der Waals surface area contributed by atoms with Gasteiger partial charge in [-0.2, -0.15) is 4.98 Å². The molecule has 2 fully saturated rings. The third kappa shape index (κ3) is 6.01. The Morgan fingerprint density at radius 3 is 2.41 bits per heavy atom. The van der Waals surface area contributed by atoms with Crippen LogP contribution >= 0.6 is 0 Å². The van der Waals surface area contributed by atoms with E-state index >= 15 is 0 Å². The summed E-state index contributed by atoms with van der Waals surface area (Å²) in [6.07, 6.45) is 4.47. The van der Waals surface area contributed by atoms with Crippen molar-refractivity contribution in [2.45, 2.75) is 50.9 Å². The fourth-order valence-electron chi connectivity index (χ4n) is 4.90. The summed E-state index contributed by atoms with van der Waals surface area (Å²) in [4.78, 5) is 33.2. The van der Waals surface area contributed by atoms with Gasteiger partial charge in [0.05, 0.1) is 5.69 Å². The van der Waals surface area contributed by atoms with Crippen LogP contribution in [0, 0.1) is 0 Å². The van der Waals surface area contributed by atoms with E-state index in [1.807, 2.05) is 24.3 Å². The highest BCUT2D eigenvalue weighted by atomic mass is 16.2. The van der Waals surface area contributed by atoms with Gasteiger partial charge in [-0.05, 0) is 49.6 Å². The zero-order valence-electron chi connectivity index (χ0n) is 19.8. The van der Waals surface area contributed by atoms with Crippen molar-refractivity contribution in [2.24, 2.45) is 11.5 Å². The molecule has 10 heteroatoms. The van der Waals surface area contributed by atoms with Gasteiger partial charge < -0.3 is 21.7 Å². The molecule has 4 rings (SSSR count).